The summed E-state index contributed by atoms with van der Waals surface area (Å²) in [7, 11) is -1.71. The maximum Gasteiger partial charge on any atom is 0.241 e. The van der Waals surface area contributed by atoms with E-state index in [1.807, 2.05) is 54.6 Å². The van der Waals surface area contributed by atoms with Crippen molar-refractivity contribution in [3.8, 4) is 5.75 Å². The number of hydrogen-bond donors (Lipinski definition) is 2. The molecule has 0 radical (unpaired) electrons. The fraction of sp³-hybridized carbons (Fsp3) is 0.343. The molecule has 0 spiro atoms. The second-order valence-electron chi connectivity index (χ2n) is 11.8. The molecule has 0 aromatic heterocycles. The van der Waals surface area contributed by atoms with Gasteiger partial charge in [0.25, 0.3) is 0 Å². The average molecular weight is 598 g/mol. The standard InChI is InChI=1S/C35H39N3O4S/c1-38(29-13-7-8-14-29)24-25-15-18-31-32(19-20-42-34(31)21-25)36-35(39)23-33(27-10-3-2-4-11-27)37-43(40,41)30-17-16-26-9-5-6-12-28(26)22-30/h2-6,9-12,15-18,21-22,29,32-33,37H,7-8,13-14,19-20,23-24H2,1H3,(H,36,39)/t32?,33-/m1/s1. The summed E-state index contributed by atoms with van der Waals surface area (Å²) in [5.74, 6) is 0.587. The summed E-state index contributed by atoms with van der Waals surface area (Å²) in [6, 6.07) is 28.0. The maximum atomic E-state index is 13.5. The van der Waals surface area contributed by atoms with Gasteiger partial charge in [-0.2, -0.15) is 0 Å². The summed E-state index contributed by atoms with van der Waals surface area (Å²) in [6.07, 6.45) is 5.74. The molecule has 1 fully saturated rings. The molecule has 1 unspecified atom stereocenters. The van der Waals surface area contributed by atoms with Crippen molar-refractivity contribution in [2.75, 3.05) is 13.7 Å². The molecule has 1 aliphatic heterocycles. The zero-order valence-electron chi connectivity index (χ0n) is 24.5. The van der Waals surface area contributed by atoms with Crippen LogP contribution in [0.1, 0.15) is 67.3 Å². The first-order valence-corrected chi connectivity index (χ1v) is 16.7. The Hall–Kier alpha value is -3.72. The molecule has 1 aliphatic carbocycles. The van der Waals surface area contributed by atoms with Crippen LogP contribution >= 0.6 is 0 Å². The lowest BCUT2D eigenvalue weighted by molar-refractivity contribution is -0.122. The van der Waals surface area contributed by atoms with Crippen molar-refractivity contribution < 1.29 is 17.9 Å². The summed E-state index contributed by atoms with van der Waals surface area (Å²) in [5.41, 5.74) is 2.89. The number of hydrogen-bond acceptors (Lipinski definition) is 5. The van der Waals surface area contributed by atoms with Crippen molar-refractivity contribution >= 4 is 26.7 Å². The van der Waals surface area contributed by atoms with Crippen molar-refractivity contribution in [1.29, 1.82) is 0 Å². The Kier molecular flexibility index (Phi) is 8.79. The van der Waals surface area contributed by atoms with E-state index in [2.05, 4.69) is 40.2 Å². The Morgan fingerprint density at radius 2 is 1.65 bits per heavy atom. The van der Waals surface area contributed by atoms with Gasteiger partial charge in [0.2, 0.25) is 15.9 Å². The molecule has 8 heteroatoms. The highest BCUT2D eigenvalue weighted by Gasteiger charge is 2.28. The van der Waals surface area contributed by atoms with E-state index in [1.165, 1.54) is 31.2 Å². The lowest BCUT2D eigenvalue weighted by atomic mass is 9.97. The Bertz CT molecular complexity index is 1690. The minimum Gasteiger partial charge on any atom is -0.493 e. The molecule has 2 N–H and O–H groups in total. The molecule has 1 heterocycles. The number of ether oxygens (including phenoxy) is 1. The van der Waals surface area contributed by atoms with E-state index in [4.69, 9.17) is 4.74 Å². The van der Waals surface area contributed by atoms with Gasteiger partial charge in [-0.25, -0.2) is 13.1 Å². The van der Waals surface area contributed by atoms with Gasteiger partial charge in [-0.15, -0.1) is 0 Å². The quantitative estimate of drug-likeness (QED) is 0.225. The van der Waals surface area contributed by atoms with Crippen LogP contribution in [0, 0.1) is 0 Å². The number of benzene rings is 4. The van der Waals surface area contributed by atoms with Crippen molar-refractivity contribution in [3.05, 3.63) is 108 Å². The van der Waals surface area contributed by atoms with Crippen molar-refractivity contribution in [1.82, 2.24) is 14.9 Å². The third kappa shape index (κ3) is 6.93. The highest BCUT2D eigenvalue weighted by Crippen LogP contribution is 2.34. The number of nitrogens with zero attached hydrogens (tertiary/aromatic N) is 1. The summed E-state index contributed by atoms with van der Waals surface area (Å²) in [4.78, 5) is 16.1. The van der Waals surface area contributed by atoms with E-state index < -0.39 is 16.1 Å². The molecular formula is C35H39N3O4S. The third-order valence-corrected chi connectivity index (χ3v) is 10.2. The van der Waals surface area contributed by atoms with Crippen LogP contribution in [0.2, 0.25) is 0 Å². The number of amides is 1. The van der Waals surface area contributed by atoms with Crippen LogP contribution < -0.4 is 14.8 Å². The number of carbonyl (C=O) groups is 1. The molecule has 7 nitrogen and oxygen atoms in total. The summed E-state index contributed by atoms with van der Waals surface area (Å²) >= 11 is 0. The Morgan fingerprint density at radius 3 is 2.44 bits per heavy atom. The predicted molar refractivity (Wildman–Crippen MR) is 169 cm³/mol. The zero-order valence-corrected chi connectivity index (χ0v) is 25.4. The van der Waals surface area contributed by atoms with Gasteiger partial charge in [0.05, 0.1) is 23.6 Å². The molecular weight excluding hydrogens is 558 g/mol. The highest BCUT2D eigenvalue weighted by molar-refractivity contribution is 7.89. The van der Waals surface area contributed by atoms with Crippen LogP contribution in [-0.2, 0) is 21.4 Å². The van der Waals surface area contributed by atoms with Crippen LogP contribution in [-0.4, -0.2) is 38.9 Å². The Morgan fingerprint density at radius 1 is 0.907 bits per heavy atom. The summed E-state index contributed by atoms with van der Waals surface area (Å²) in [6.45, 7) is 1.38. The molecule has 4 aromatic carbocycles. The van der Waals surface area contributed by atoms with E-state index in [1.54, 1.807) is 18.2 Å². The SMILES string of the molecule is CN(Cc1ccc2c(c1)OCCC2NC(=O)C[C@@H](NS(=O)(=O)c1ccc2ccccc2c1)c1ccccc1)C1CCCC1. The van der Waals surface area contributed by atoms with Gasteiger partial charge in [0.1, 0.15) is 5.75 Å². The fourth-order valence-corrected chi connectivity index (χ4v) is 7.65. The molecule has 2 aliphatic rings. The fourth-order valence-electron chi connectivity index (χ4n) is 6.39. The number of carbonyl (C=O) groups excluding carboxylic acids is 1. The highest BCUT2D eigenvalue weighted by atomic mass is 32.2. The zero-order chi connectivity index (χ0) is 29.8. The maximum absolute atomic E-state index is 13.5. The van der Waals surface area contributed by atoms with Gasteiger partial charge in [0, 0.05) is 31.0 Å². The predicted octanol–water partition coefficient (Wildman–Crippen LogP) is 6.26. The number of sulfonamides is 1. The lowest BCUT2D eigenvalue weighted by Crippen LogP contribution is -2.36. The monoisotopic (exact) mass is 597 g/mol. The minimum atomic E-state index is -3.90. The van der Waals surface area contributed by atoms with Crippen LogP contribution in [0.25, 0.3) is 10.8 Å². The van der Waals surface area contributed by atoms with Gasteiger partial charge in [-0.3, -0.25) is 9.69 Å². The van der Waals surface area contributed by atoms with Crippen molar-refractivity contribution in [2.45, 2.75) is 68.1 Å². The Balaban J connectivity index is 1.16. The largest absolute Gasteiger partial charge is 0.493 e. The molecule has 43 heavy (non-hydrogen) atoms. The van der Waals surface area contributed by atoms with Crippen LogP contribution in [0.15, 0.2) is 95.9 Å². The van der Waals surface area contributed by atoms with E-state index >= 15 is 0 Å². The number of rotatable bonds is 10. The Labute approximate surface area is 254 Å². The smallest absolute Gasteiger partial charge is 0.241 e. The third-order valence-electron chi connectivity index (χ3n) is 8.75. The molecule has 0 saturated heterocycles. The lowest BCUT2D eigenvalue weighted by Gasteiger charge is -2.29. The molecule has 2 atom stereocenters. The average Bonchev–Trinajstić information content (AvgIpc) is 3.56. The van der Waals surface area contributed by atoms with E-state index in [0.717, 1.165) is 34.2 Å². The van der Waals surface area contributed by atoms with Crippen LogP contribution in [0.5, 0.6) is 5.75 Å². The van der Waals surface area contributed by atoms with E-state index in [0.29, 0.717) is 19.1 Å². The summed E-state index contributed by atoms with van der Waals surface area (Å²) < 4.78 is 35.9. The molecule has 224 valence electrons. The minimum absolute atomic E-state index is 0.0339. The second-order valence-corrected chi connectivity index (χ2v) is 13.5. The summed E-state index contributed by atoms with van der Waals surface area (Å²) in [5, 5.41) is 4.97. The van der Waals surface area contributed by atoms with Gasteiger partial charge in [-0.1, -0.05) is 85.6 Å². The van der Waals surface area contributed by atoms with Gasteiger partial charge >= 0.3 is 0 Å². The van der Waals surface area contributed by atoms with Gasteiger partial charge in [0.15, 0.2) is 0 Å². The van der Waals surface area contributed by atoms with Crippen LogP contribution in [0.4, 0.5) is 0 Å². The first kappa shape index (κ1) is 29.4. The first-order valence-electron chi connectivity index (χ1n) is 15.2. The van der Waals surface area contributed by atoms with E-state index in [9.17, 15) is 13.2 Å². The van der Waals surface area contributed by atoms with Gasteiger partial charge < -0.3 is 10.1 Å². The van der Waals surface area contributed by atoms with Gasteiger partial charge in [-0.05, 0) is 60.0 Å². The number of fused-ring (bicyclic) bond motifs is 2. The molecule has 1 amide bonds. The second kappa shape index (κ2) is 12.9. The molecule has 4 aromatic rings. The van der Waals surface area contributed by atoms with Crippen molar-refractivity contribution in [3.63, 3.8) is 0 Å². The van der Waals surface area contributed by atoms with Crippen LogP contribution in [0.3, 0.4) is 0 Å². The first-order chi connectivity index (χ1) is 20.9. The topological polar surface area (TPSA) is 87.7 Å². The normalized spacial score (nSPS) is 17.9. The number of nitrogens with one attached hydrogen (secondary N) is 2. The van der Waals surface area contributed by atoms with Crippen molar-refractivity contribution in [2.24, 2.45) is 0 Å². The molecule has 0 bridgehead atoms. The van der Waals surface area contributed by atoms with E-state index in [-0.39, 0.29) is 23.3 Å². The molecule has 1 saturated carbocycles. The molecule has 6 rings (SSSR count).